The third-order valence-electron chi connectivity index (χ3n) is 2.38. The molecule has 0 aromatic rings. The maximum atomic E-state index is 3.43. The van der Waals surface area contributed by atoms with Crippen LogP contribution in [0.15, 0.2) is 12.2 Å². The van der Waals surface area contributed by atoms with E-state index >= 15 is 0 Å². The van der Waals surface area contributed by atoms with Crippen LogP contribution in [0.3, 0.4) is 0 Å². The average molecular weight is 177 g/mol. The van der Waals surface area contributed by atoms with Crippen molar-refractivity contribution in [1.29, 1.82) is 0 Å². The molecule has 1 heteroatoms. The average Bonchev–Trinajstić information content (AvgIpc) is 2.08. The zero-order valence-corrected chi connectivity index (χ0v) is 8.47. The molecule has 1 unspecified atom stereocenters. The number of rotatable bonds is 2. The Morgan fingerprint density at radius 2 is 2.31 bits per heavy atom. The molecule has 0 aromatic heterocycles. The van der Waals surface area contributed by atoms with Gasteiger partial charge in [-0.15, -0.1) is 5.92 Å². The largest absolute Gasteiger partial charge is 0.300 e. The normalized spacial score (nSPS) is 25.2. The number of hydrogen-bond acceptors (Lipinski definition) is 1. The van der Waals surface area contributed by atoms with Gasteiger partial charge in [-0.2, -0.15) is 0 Å². The fourth-order valence-corrected chi connectivity index (χ4v) is 1.60. The number of nitrogens with one attached hydrogen (secondary N) is 1. The summed E-state index contributed by atoms with van der Waals surface area (Å²) in [6.45, 7) is 2.71. The van der Waals surface area contributed by atoms with E-state index in [0.717, 1.165) is 6.54 Å². The van der Waals surface area contributed by atoms with E-state index in [-0.39, 0.29) is 0 Å². The summed E-state index contributed by atoms with van der Waals surface area (Å²) in [5.41, 5.74) is 0. The van der Waals surface area contributed by atoms with Gasteiger partial charge < -0.3 is 0 Å². The van der Waals surface area contributed by atoms with E-state index in [9.17, 15) is 0 Å². The smallest absolute Gasteiger partial charge is 0.0580 e. The second-order valence-electron chi connectivity index (χ2n) is 3.48. The van der Waals surface area contributed by atoms with Crippen LogP contribution in [-0.4, -0.2) is 12.6 Å². The van der Waals surface area contributed by atoms with Crippen LogP contribution in [0.4, 0.5) is 0 Å². The Morgan fingerprint density at radius 1 is 1.38 bits per heavy atom. The first-order valence-corrected chi connectivity index (χ1v) is 5.23. The molecule has 0 saturated carbocycles. The van der Waals surface area contributed by atoms with Crippen molar-refractivity contribution in [1.82, 2.24) is 5.32 Å². The van der Waals surface area contributed by atoms with Crippen LogP contribution >= 0.6 is 0 Å². The first kappa shape index (κ1) is 10.3. The van der Waals surface area contributed by atoms with Crippen LogP contribution in [-0.2, 0) is 0 Å². The van der Waals surface area contributed by atoms with Crippen molar-refractivity contribution in [2.75, 3.05) is 6.54 Å². The molecule has 1 nitrogen and oxygen atoms in total. The monoisotopic (exact) mass is 177 g/mol. The summed E-state index contributed by atoms with van der Waals surface area (Å²) in [4.78, 5) is 0. The Morgan fingerprint density at radius 3 is 3.15 bits per heavy atom. The molecule has 1 aliphatic rings. The second kappa shape index (κ2) is 6.74. The van der Waals surface area contributed by atoms with Gasteiger partial charge in [0.25, 0.3) is 0 Å². The molecule has 0 saturated heterocycles. The molecular formula is C12H19N. The summed E-state index contributed by atoms with van der Waals surface area (Å²) in [7, 11) is 0. The van der Waals surface area contributed by atoms with E-state index in [4.69, 9.17) is 0 Å². The number of allylic oxidation sites excluding steroid dienone is 1. The molecule has 0 heterocycles. The van der Waals surface area contributed by atoms with Crippen LogP contribution in [0, 0.1) is 11.8 Å². The lowest BCUT2D eigenvalue weighted by Gasteiger charge is -2.14. The minimum absolute atomic E-state index is 0.557. The summed E-state index contributed by atoms with van der Waals surface area (Å²) in [6.07, 6.45) is 11.2. The molecule has 72 valence electrons. The van der Waals surface area contributed by atoms with E-state index < -0.39 is 0 Å². The van der Waals surface area contributed by atoms with Crippen molar-refractivity contribution in [2.24, 2.45) is 0 Å². The summed E-state index contributed by atoms with van der Waals surface area (Å²) in [6, 6.07) is 0.557. The van der Waals surface area contributed by atoms with Gasteiger partial charge in [-0.25, -0.2) is 0 Å². The molecule has 1 atom stereocenters. The third kappa shape index (κ3) is 4.75. The summed E-state index contributed by atoms with van der Waals surface area (Å²) in [5, 5.41) is 3.43. The van der Waals surface area contributed by atoms with Crippen molar-refractivity contribution < 1.29 is 0 Å². The Kier molecular flexibility index (Phi) is 5.36. The number of hydrogen-bond donors (Lipinski definition) is 1. The molecule has 0 bridgehead atoms. The topological polar surface area (TPSA) is 12.0 Å². The highest BCUT2D eigenvalue weighted by Gasteiger charge is 2.04. The van der Waals surface area contributed by atoms with Crippen molar-refractivity contribution in [2.45, 2.75) is 45.1 Å². The third-order valence-corrected chi connectivity index (χ3v) is 2.38. The van der Waals surface area contributed by atoms with Crippen LogP contribution in [0.25, 0.3) is 0 Å². The predicted molar refractivity (Wildman–Crippen MR) is 57.5 cm³/mol. The van der Waals surface area contributed by atoms with Gasteiger partial charge in [-0.3, -0.25) is 5.32 Å². The van der Waals surface area contributed by atoms with E-state index in [0.29, 0.717) is 6.04 Å². The fraction of sp³-hybridized carbons (Fsp3) is 0.667. The summed E-state index contributed by atoms with van der Waals surface area (Å²) >= 11 is 0. The van der Waals surface area contributed by atoms with Crippen LogP contribution in [0.5, 0.6) is 0 Å². The molecule has 0 amide bonds. The van der Waals surface area contributed by atoms with Gasteiger partial charge in [0.15, 0.2) is 0 Å². The van der Waals surface area contributed by atoms with Crippen LogP contribution < -0.4 is 5.32 Å². The highest BCUT2D eigenvalue weighted by molar-refractivity contribution is 5.01. The molecule has 0 radical (unpaired) electrons. The van der Waals surface area contributed by atoms with Crippen LogP contribution in [0.2, 0.25) is 0 Å². The van der Waals surface area contributed by atoms with Gasteiger partial charge in [-0.05, 0) is 26.2 Å². The fourth-order valence-electron chi connectivity index (χ4n) is 1.60. The molecule has 1 rings (SSSR count). The lowest BCUT2D eigenvalue weighted by Crippen LogP contribution is -2.27. The zero-order chi connectivity index (χ0) is 9.36. The molecule has 0 fully saturated rings. The first-order valence-electron chi connectivity index (χ1n) is 5.23. The minimum atomic E-state index is 0.557. The molecule has 0 aromatic carbocycles. The predicted octanol–water partition coefficient (Wildman–Crippen LogP) is 2.49. The van der Waals surface area contributed by atoms with Crippen molar-refractivity contribution >= 4 is 0 Å². The molecule has 0 aliphatic heterocycles. The Balaban J connectivity index is 2.27. The lowest BCUT2D eigenvalue weighted by atomic mass is 10.0. The van der Waals surface area contributed by atoms with Gasteiger partial charge in [-0.1, -0.05) is 30.9 Å². The Hall–Kier alpha value is -0.740. The Bertz CT molecular complexity index is 207. The molecule has 1 N–H and O–H groups in total. The standard InChI is InChI=1S/C12H19N/c1-2-3-11-13-12-9-7-5-4-6-8-10-12/h7,9,12-13H,4-6,8,10-11H2,1H3/b9-7-. The van der Waals surface area contributed by atoms with Crippen molar-refractivity contribution in [3.05, 3.63) is 12.2 Å². The zero-order valence-electron chi connectivity index (χ0n) is 8.47. The lowest BCUT2D eigenvalue weighted by molar-refractivity contribution is 0.531. The SMILES string of the molecule is CC#CCNC1/C=C\CCCCC1. The van der Waals surface area contributed by atoms with Gasteiger partial charge in [0.05, 0.1) is 6.54 Å². The van der Waals surface area contributed by atoms with Crippen molar-refractivity contribution in [3.63, 3.8) is 0 Å². The Labute approximate surface area is 81.6 Å². The second-order valence-corrected chi connectivity index (χ2v) is 3.48. The van der Waals surface area contributed by atoms with Crippen LogP contribution in [0.1, 0.15) is 39.0 Å². The summed E-state index contributed by atoms with van der Waals surface area (Å²) in [5.74, 6) is 5.94. The summed E-state index contributed by atoms with van der Waals surface area (Å²) < 4.78 is 0. The quantitative estimate of drug-likeness (QED) is 0.505. The van der Waals surface area contributed by atoms with E-state index in [1.54, 1.807) is 0 Å². The maximum Gasteiger partial charge on any atom is 0.0580 e. The van der Waals surface area contributed by atoms with E-state index in [2.05, 4.69) is 29.3 Å². The van der Waals surface area contributed by atoms with Gasteiger partial charge in [0.1, 0.15) is 0 Å². The first-order chi connectivity index (χ1) is 6.43. The molecular weight excluding hydrogens is 158 g/mol. The van der Waals surface area contributed by atoms with Gasteiger partial charge in [0, 0.05) is 6.04 Å². The molecule has 13 heavy (non-hydrogen) atoms. The van der Waals surface area contributed by atoms with E-state index in [1.807, 2.05) is 6.92 Å². The van der Waals surface area contributed by atoms with Crippen molar-refractivity contribution in [3.8, 4) is 11.8 Å². The van der Waals surface area contributed by atoms with Gasteiger partial charge >= 0.3 is 0 Å². The minimum Gasteiger partial charge on any atom is -0.300 e. The van der Waals surface area contributed by atoms with Gasteiger partial charge in [0.2, 0.25) is 0 Å². The maximum absolute atomic E-state index is 3.43. The molecule has 0 spiro atoms. The highest BCUT2D eigenvalue weighted by atomic mass is 14.9. The molecule has 1 aliphatic carbocycles. The van der Waals surface area contributed by atoms with E-state index in [1.165, 1.54) is 32.1 Å². The highest BCUT2D eigenvalue weighted by Crippen LogP contribution is 2.11.